The molecule has 1 atom stereocenters. The van der Waals surface area contributed by atoms with Crippen molar-refractivity contribution in [1.82, 2.24) is 30.5 Å². The lowest BCUT2D eigenvalue weighted by Crippen LogP contribution is -2.47. The Bertz CT molecular complexity index is 1020. The van der Waals surface area contributed by atoms with Gasteiger partial charge in [0.15, 0.2) is 0 Å². The highest BCUT2D eigenvalue weighted by atomic mass is 16.5. The molecule has 2 aromatic heterocycles. The Hall–Kier alpha value is -3.00. The van der Waals surface area contributed by atoms with E-state index in [9.17, 15) is 0 Å². The maximum Gasteiger partial charge on any atom is 0.141 e. The van der Waals surface area contributed by atoms with Crippen molar-refractivity contribution in [1.29, 1.82) is 0 Å². The number of hydrogen-bond donors (Lipinski definition) is 1. The first kappa shape index (κ1) is 20.9. The number of aromatic nitrogens is 5. The molecule has 0 amide bonds. The van der Waals surface area contributed by atoms with Crippen LogP contribution in [0.25, 0.3) is 11.4 Å². The van der Waals surface area contributed by atoms with Crippen LogP contribution in [0.1, 0.15) is 37.7 Å². The Morgan fingerprint density at radius 3 is 2.72 bits per heavy atom. The van der Waals surface area contributed by atoms with Crippen LogP contribution in [0.3, 0.4) is 0 Å². The van der Waals surface area contributed by atoms with E-state index in [2.05, 4.69) is 55.0 Å². The predicted molar refractivity (Wildman–Crippen MR) is 124 cm³/mol. The van der Waals surface area contributed by atoms with Crippen molar-refractivity contribution in [3.05, 3.63) is 48.3 Å². The largest absolute Gasteiger partial charge is 0.495 e. The number of benzene rings is 1. The maximum atomic E-state index is 5.21. The lowest BCUT2D eigenvalue weighted by molar-refractivity contribution is 0.280. The Morgan fingerprint density at radius 2 is 1.94 bits per heavy atom. The number of rotatable bonds is 8. The summed E-state index contributed by atoms with van der Waals surface area (Å²) in [5, 5.41) is 20.4. The molecule has 1 aliphatic carbocycles. The van der Waals surface area contributed by atoms with Crippen molar-refractivity contribution < 1.29 is 4.74 Å². The number of methoxy groups -OCH3 is 1. The van der Waals surface area contributed by atoms with Crippen molar-refractivity contribution in [3.63, 3.8) is 0 Å². The quantitative estimate of drug-likeness (QED) is 0.584. The van der Waals surface area contributed by atoms with E-state index in [0.717, 1.165) is 19.0 Å². The molecule has 32 heavy (non-hydrogen) atoms. The summed E-state index contributed by atoms with van der Waals surface area (Å²) in [5.41, 5.74) is 3.83. The van der Waals surface area contributed by atoms with Crippen LogP contribution in [0.5, 0.6) is 5.75 Å². The minimum Gasteiger partial charge on any atom is -0.495 e. The van der Waals surface area contributed by atoms with Crippen molar-refractivity contribution in [2.45, 2.75) is 44.7 Å². The lowest BCUT2D eigenvalue weighted by Gasteiger charge is -2.36. The molecule has 3 aromatic rings. The van der Waals surface area contributed by atoms with Gasteiger partial charge in [-0.15, -0.1) is 10.2 Å². The molecule has 1 saturated carbocycles. The normalized spacial score (nSPS) is 19.0. The standard InChI is InChI=1S/C24H31N7O/c1-32-22-12-23(27-26-14-22)24-17-31(29-28-24)15-19-7-9-21(10-8-19)30-11-3-6-20(16-30)25-13-18-4-2-5-18/h7-10,12,14,17-18,20,25H,2-6,11,13,15-16H2,1H3. The van der Waals surface area contributed by atoms with Gasteiger partial charge in [-0.25, -0.2) is 4.68 Å². The first-order chi connectivity index (χ1) is 15.8. The minimum atomic E-state index is 0.609. The molecule has 0 spiro atoms. The molecule has 2 aliphatic rings. The number of piperidine rings is 1. The summed E-state index contributed by atoms with van der Waals surface area (Å²) in [7, 11) is 1.61. The summed E-state index contributed by atoms with van der Waals surface area (Å²) in [6, 6.07) is 11.3. The summed E-state index contributed by atoms with van der Waals surface area (Å²) >= 11 is 0. The number of nitrogens with one attached hydrogen (secondary N) is 1. The van der Waals surface area contributed by atoms with Crippen LogP contribution in [-0.4, -0.2) is 58.0 Å². The van der Waals surface area contributed by atoms with Gasteiger partial charge in [0.05, 0.1) is 26.0 Å². The van der Waals surface area contributed by atoms with Crippen LogP contribution in [0.2, 0.25) is 0 Å². The molecule has 1 aliphatic heterocycles. The fraction of sp³-hybridized carbons (Fsp3) is 0.500. The topological polar surface area (TPSA) is 81.0 Å². The van der Waals surface area contributed by atoms with E-state index in [4.69, 9.17) is 4.74 Å². The SMILES string of the molecule is COc1cnnc(-c2cn(Cc3ccc(N4CCCC(NCC5CCC5)C4)cc3)nn2)c1. The maximum absolute atomic E-state index is 5.21. The van der Waals surface area contributed by atoms with Crippen molar-refractivity contribution >= 4 is 5.69 Å². The summed E-state index contributed by atoms with van der Waals surface area (Å²) in [6.07, 6.45) is 10.2. The zero-order chi connectivity index (χ0) is 21.8. The highest BCUT2D eigenvalue weighted by Gasteiger charge is 2.23. The van der Waals surface area contributed by atoms with Gasteiger partial charge in [0, 0.05) is 30.9 Å². The van der Waals surface area contributed by atoms with Gasteiger partial charge in [-0.3, -0.25) is 0 Å². The van der Waals surface area contributed by atoms with E-state index in [1.165, 1.54) is 49.9 Å². The number of nitrogens with zero attached hydrogens (tertiary/aromatic N) is 6. The van der Waals surface area contributed by atoms with E-state index in [1.807, 2.05) is 16.9 Å². The van der Waals surface area contributed by atoms with Crippen LogP contribution in [0, 0.1) is 5.92 Å². The zero-order valence-electron chi connectivity index (χ0n) is 18.7. The molecule has 168 valence electrons. The van der Waals surface area contributed by atoms with Crippen LogP contribution >= 0.6 is 0 Å². The molecule has 1 saturated heterocycles. The van der Waals surface area contributed by atoms with Gasteiger partial charge in [-0.2, -0.15) is 5.10 Å². The fourth-order valence-electron chi connectivity index (χ4n) is 4.49. The molecule has 0 radical (unpaired) electrons. The molecule has 8 heteroatoms. The van der Waals surface area contributed by atoms with Gasteiger partial charge in [-0.1, -0.05) is 23.8 Å². The van der Waals surface area contributed by atoms with Crippen molar-refractivity contribution in [2.24, 2.45) is 5.92 Å². The van der Waals surface area contributed by atoms with E-state index in [0.29, 0.717) is 29.7 Å². The molecule has 2 fully saturated rings. The zero-order valence-corrected chi connectivity index (χ0v) is 18.7. The predicted octanol–water partition coefficient (Wildman–Crippen LogP) is 3.15. The number of hydrogen-bond acceptors (Lipinski definition) is 7. The summed E-state index contributed by atoms with van der Waals surface area (Å²) in [5.74, 6) is 1.57. The summed E-state index contributed by atoms with van der Waals surface area (Å²) in [4.78, 5) is 2.51. The van der Waals surface area contributed by atoms with E-state index in [-0.39, 0.29) is 0 Å². The molecule has 8 nitrogen and oxygen atoms in total. The monoisotopic (exact) mass is 433 g/mol. The second kappa shape index (κ2) is 9.65. The molecule has 1 aromatic carbocycles. The van der Waals surface area contributed by atoms with Gasteiger partial charge in [0.1, 0.15) is 17.1 Å². The second-order valence-electron chi connectivity index (χ2n) is 8.94. The first-order valence-corrected chi connectivity index (χ1v) is 11.6. The average Bonchev–Trinajstić information content (AvgIpc) is 3.27. The van der Waals surface area contributed by atoms with Crippen LogP contribution in [-0.2, 0) is 6.54 Å². The van der Waals surface area contributed by atoms with Gasteiger partial charge in [0.25, 0.3) is 0 Å². The highest BCUT2D eigenvalue weighted by molar-refractivity contribution is 5.53. The van der Waals surface area contributed by atoms with Crippen LogP contribution in [0.4, 0.5) is 5.69 Å². The fourth-order valence-corrected chi connectivity index (χ4v) is 4.49. The Balaban J connectivity index is 1.18. The second-order valence-corrected chi connectivity index (χ2v) is 8.94. The molecular formula is C24H31N7O. The van der Waals surface area contributed by atoms with Crippen LogP contribution < -0.4 is 15.0 Å². The van der Waals surface area contributed by atoms with Crippen LogP contribution in [0.15, 0.2) is 42.7 Å². The van der Waals surface area contributed by atoms with Gasteiger partial charge >= 0.3 is 0 Å². The van der Waals surface area contributed by atoms with E-state index >= 15 is 0 Å². The third-order valence-electron chi connectivity index (χ3n) is 6.65. The molecule has 5 rings (SSSR count). The first-order valence-electron chi connectivity index (χ1n) is 11.6. The molecule has 0 bridgehead atoms. The molecule has 1 N–H and O–H groups in total. The summed E-state index contributed by atoms with van der Waals surface area (Å²) < 4.78 is 7.04. The third-order valence-corrected chi connectivity index (χ3v) is 6.65. The Kier molecular flexibility index (Phi) is 6.29. The van der Waals surface area contributed by atoms with Gasteiger partial charge < -0.3 is 15.0 Å². The third kappa shape index (κ3) is 4.91. The number of anilines is 1. The van der Waals surface area contributed by atoms with Crippen molar-refractivity contribution in [2.75, 3.05) is 31.6 Å². The molecule has 1 unspecified atom stereocenters. The Labute approximate surface area is 189 Å². The highest BCUT2D eigenvalue weighted by Crippen LogP contribution is 2.26. The minimum absolute atomic E-state index is 0.609. The van der Waals surface area contributed by atoms with Crippen molar-refractivity contribution in [3.8, 4) is 17.1 Å². The van der Waals surface area contributed by atoms with E-state index in [1.54, 1.807) is 13.3 Å². The van der Waals surface area contributed by atoms with Gasteiger partial charge in [-0.05, 0) is 55.8 Å². The smallest absolute Gasteiger partial charge is 0.141 e. The summed E-state index contributed by atoms with van der Waals surface area (Å²) in [6.45, 7) is 4.09. The lowest BCUT2D eigenvalue weighted by atomic mass is 9.85. The number of ether oxygens (including phenoxy) is 1. The molecule has 3 heterocycles. The average molecular weight is 434 g/mol. The van der Waals surface area contributed by atoms with Gasteiger partial charge in [0.2, 0.25) is 0 Å². The molecular weight excluding hydrogens is 402 g/mol. The Morgan fingerprint density at radius 1 is 1.06 bits per heavy atom. The van der Waals surface area contributed by atoms with E-state index < -0.39 is 0 Å².